The van der Waals surface area contributed by atoms with Crippen molar-refractivity contribution in [2.24, 2.45) is 0 Å². The molecule has 2 aromatic rings. The van der Waals surface area contributed by atoms with Crippen LogP contribution in [0.1, 0.15) is 12.8 Å². The minimum atomic E-state index is -3.35. The van der Waals surface area contributed by atoms with Gasteiger partial charge in [0.1, 0.15) is 5.75 Å². The molecule has 0 aliphatic heterocycles. The lowest BCUT2D eigenvalue weighted by Crippen LogP contribution is -2.13. The molecule has 0 saturated carbocycles. The predicted molar refractivity (Wildman–Crippen MR) is 94.7 cm³/mol. The molecule has 0 spiro atoms. The Morgan fingerprint density at radius 3 is 2.46 bits per heavy atom. The number of anilines is 2. The highest BCUT2D eigenvalue weighted by Crippen LogP contribution is 2.16. The molecule has 0 unspecified atom stereocenters. The van der Waals surface area contributed by atoms with Crippen LogP contribution in [0.25, 0.3) is 0 Å². The maximum Gasteiger partial charge on any atom is 0.229 e. The van der Waals surface area contributed by atoms with Crippen molar-refractivity contribution in [2.45, 2.75) is 12.8 Å². The van der Waals surface area contributed by atoms with Gasteiger partial charge in [-0.3, -0.25) is 9.52 Å². The number of benzene rings is 2. The third-order valence-electron chi connectivity index (χ3n) is 3.01. The van der Waals surface area contributed by atoms with Crippen molar-refractivity contribution in [2.75, 3.05) is 22.9 Å². The number of ether oxygens (including phenoxy) is 1. The molecule has 1 amide bonds. The lowest BCUT2D eigenvalue weighted by Gasteiger charge is -2.09. The van der Waals surface area contributed by atoms with E-state index in [0.29, 0.717) is 30.8 Å². The Morgan fingerprint density at radius 1 is 1.04 bits per heavy atom. The lowest BCUT2D eigenvalue weighted by atomic mass is 10.2. The Balaban J connectivity index is 1.77. The van der Waals surface area contributed by atoms with E-state index in [0.717, 1.165) is 12.0 Å². The minimum absolute atomic E-state index is 0.150. The van der Waals surface area contributed by atoms with Crippen molar-refractivity contribution < 1.29 is 17.9 Å². The van der Waals surface area contributed by atoms with E-state index in [4.69, 9.17) is 4.74 Å². The van der Waals surface area contributed by atoms with Crippen LogP contribution < -0.4 is 14.8 Å². The van der Waals surface area contributed by atoms with E-state index >= 15 is 0 Å². The predicted octanol–water partition coefficient (Wildman–Crippen LogP) is 2.86. The Bertz CT molecular complexity index is 776. The molecule has 2 N–H and O–H groups in total. The molecular formula is C17H20N2O4S. The Morgan fingerprint density at radius 2 is 1.75 bits per heavy atom. The van der Waals surface area contributed by atoms with Crippen LogP contribution in [0.15, 0.2) is 54.6 Å². The van der Waals surface area contributed by atoms with Crippen LogP contribution in [0, 0.1) is 0 Å². The fraction of sp³-hybridized carbons (Fsp3) is 0.235. The highest BCUT2D eigenvalue weighted by molar-refractivity contribution is 7.92. The molecule has 2 aromatic carbocycles. The normalized spacial score (nSPS) is 10.9. The van der Waals surface area contributed by atoms with Crippen LogP contribution in [-0.2, 0) is 14.8 Å². The van der Waals surface area contributed by atoms with Crippen molar-refractivity contribution in [3.05, 3.63) is 54.6 Å². The average Bonchev–Trinajstić information content (AvgIpc) is 2.51. The molecule has 0 fully saturated rings. The van der Waals surface area contributed by atoms with Gasteiger partial charge in [0.05, 0.1) is 18.6 Å². The molecular weight excluding hydrogens is 328 g/mol. The number of carbonyl (C=O) groups excluding carboxylic acids is 1. The maximum atomic E-state index is 11.9. The van der Waals surface area contributed by atoms with E-state index in [1.165, 1.54) is 0 Å². The first-order valence-corrected chi connectivity index (χ1v) is 9.37. The van der Waals surface area contributed by atoms with Gasteiger partial charge in [-0.2, -0.15) is 0 Å². The summed E-state index contributed by atoms with van der Waals surface area (Å²) >= 11 is 0. The molecule has 24 heavy (non-hydrogen) atoms. The van der Waals surface area contributed by atoms with Crippen LogP contribution in [0.5, 0.6) is 5.75 Å². The van der Waals surface area contributed by atoms with Crippen LogP contribution in [-0.4, -0.2) is 27.2 Å². The molecule has 128 valence electrons. The Hall–Kier alpha value is -2.54. The van der Waals surface area contributed by atoms with Gasteiger partial charge in [-0.1, -0.05) is 24.3 Å². The zero-order chi connectivity index (χ0) is 17.4. The molecule has 0 aromatic heterocycles. The smallest absolute Gasteiger partial charge is 0.229 e. The van der Waals surface area contributed by atoms with E-state index in [1.807, 2.05) is 30.3 Å². The number of para-hydroxylation sites is 1. The van der Waals surface area contributed by atoms with Crippen molar-refractivity contribution in [1.29, 1.82) is 0 Å². The second kappa shape index (κ2) is 8.35. The third kappa shape index (κ3) is 6.70. The van der Waals surface area contributed by atoms with Gasteiger partial charge in [0.15, 0.2) is 0 Å². The van der Waals surface area contributed by atoms with E-state index in [2.05, 4.69) is 10.0 Å². The van der Waals surface area contributed by atoms with E-state index < -0.39 is 10.0 Å². The summed E-state index contributed by atoms with van der Waals surface area (Å²) in [6.45, 7) is 0.451. The zero-order valence-electron chi connectivity index (χ0n) is 13.4. The van der Waals surface area contributed by atoms with Crippen LogP contribution in [0.2, 0.25) is 0 Å². The van der Waals surface area contributed by atoms with Crippen molar-refractivity contribution in [3.63, 3.8) is 0 Å². The average molecular weight is 348 g/mol. The summed E-state index contributed by atoms with van der Waals surface area (Å²) in [6.07, 6.45) is 1.98. The highest BCUT2D eigenvalue weighted by atomic mass is 32.2. The van der Waals surface area contributed by atoms with Crippen molar-refractivity contribution in [1.82, 2.24) is 0 Å². The number of hydrogen-bond acceptors (Lipinski definition) is 4. The van der Waals surface area contributed by atoms with E-state index in [9.17, 15) is 13.2 Å². The van der Waals surface area contributed by atoms with Gasteiger partial charge in [0, 0.05) is 12.1 Å². The Labute approximate surface area is 141 Å². The fourth-order valence-corrected chi connectivity index (χ4v) is 2.59. The summed E-state index contributed by atoms with van der Waals surface area (Å²) in [4.78, 5) is 11.9. The summed E-state index contributed by atoms with van der Waals surface area (Å²) in [6, 6.07) is 16.0. The summed E-state index contributed by atoms with van der Waals surface area (Å²) in [7, 11) is -3.35. The first-order valence-electron chi connectivity index (χ1n) is 7.48. The number of hydrogen-bond donors (Lipinski definition) is 2. The topological polar surface area (TPSA) is 84.5 Å². The molecule has 7 heteroatoms. The molecule has 6 nitrogen and oxygen atoms in total. The first kappa shape index (κ1) is 17.8. The molecule has 0 saturated heterocycles. The number of nitrogens with one attached hydrogen (secondary N) is 2. The lowest BCUT2D eigenvalue weighted by molar-refractivity contribution is -0.116. The molecule has 0 aliphatic rings. The monoisotopic (exact) mass is 348 g/mol. The standard InChI is InChI=1S/C17H20N2O4S/c1-24(21,22)19-15-8-5-7-14(13-15)18-17(20)11-6-12-23-16-9-3-2-4-10-16/h2-5,7-10,13,19H,6,11-12H2,1H3,(H,18,20). The molecule has 0 heterocycles. The number of carbonyl (C=O) groups is 1. The van der Waals surface area contributed by atoms with Crippen molar-refractivity contribution in [3.8, 4) is 5.75 Å². The largest absolute Gasteiger partial charge is 0.494 e. The summed E-state index contributed by atoms with van der Waals surface area (Å²) in [5, 5.41) is 2.74. The summed E-state index contributed by atoms with van der Waals surface area (Å²) in [5.41, 5.74) is 0.945. The summed E-state index contributed by atoms with van der Waals surface area (Å²) in [5.74, 6) is 0.626. The van der Waals surface area contributed by atoms with Crippen LogP contribution in [0.4, 0.5) is 11.4 Å². The molecule has 0 bridgehead atoms. The van der Waals surface area contributed by atoms with Gasteiger partial charge in [-0.05, 0) is 36.8 Å². The SMILES string of the molecule is CS(=O)(=O)Nc1cccc(NC(=O)CCCOc2ccccc2)c1. The highest BCUT2D eigenvalue weighted by Gasteiger charge is 2.05. The van der Waals surface area contributed by atoms with Gasteiger partial charge < -0.3 is 10.1 Å². The third-order valence-corrected chi connectivity index (χ3v) is 3.62. The van der Waals surface area contributed by atoms with Crippen LogP contribution >= 0.6 is 0 Å². The molecule has 0 aliphatic carbocycles. The van der Waals surface area contributed by atoms with Gasteiger partial charge in [0.25, 0.3) is 0 Å². The summed E-state index contributed by atoms with van der Waals surface area (Å²) < 4.78 is 30.3. The number of amides is 1. The second-order valence-corrected chi connectivity index (χ2v) is 7.02. The van der Waals surface area contributed by atoms with Gasteiger partial charge in [-0.25, -0.2) is 8.42 Å². The quantitative estimate of drug-likeness (QED) is 0.719. The van der Waals surface area contributed by atoms with Gasteiger partial charge in [0.2, 0.25) is 15.9 Å². The van der Waals surface area contributed by atoms with Crippen molar-refractivity contribution >= 4 is 27.3 Å². The Kier molecular flexibility index (Phi) is 6.20. The molecule has 2 rings (SSSR count). The molecule has 0 atom stereocenters. The van der Waals surface area contributed by atoms with Gasteiger partial charge >= 0.3 is 0 Å². The maximum absolute atomic E-state index is 11.9. The van der Waals surface area contributed by atoms with E-state index in [1.54, 1.807) is 24.3 Å². The van der Waals surface area contributed by atoms with Gasteiger partial charge in [-0.15, -0.1) is 0 Å². The fourth-order valence-electron chi connectivity index (χ4n) is 2.04. The zero-order valence-corrected chi connectivity index (χ0v) is 14.2. The number of rotatable bonds is 8. The number of sulfonamides is 1. The second-order valence-electron chi connectivity index (χ2n) is 5.27. The van der Waals surface area contributed by atoms with Crippen LogP contribution in [0.3, 0.4) is 0 Å². The minimum Gasteiger partial charge on any atom is -0.494 e. The first-order chi connectivity index (χ1) is 11.4. The van der Waals surface area contributed by atoms with E-state index in [-0.39, 0.29) is 5.91 Å². The molecule has 0 radical (unpaired) electrons.